The van der Waals surface area contributed by atoms with Crippen molar-refractivity contribution >= 4 is 5.97 Å². The van der Waals surface area contributed by atoms with Crippen molar-refractivity contribution in [2.24, 2.45) is 34.5 Å². The highest BCUT2D eigenvalue weighted by Crippen LogP contribution is 2.76. The molecule has 10 atom stereocenters. The van der Waals surface area contributed by atoms with Gasteiger partial charge in [0.1, 0.15) is 17.3 Å². The van der Waals surface area contributed by atoms with Gasteiger partial charge in [-0.05, 0) is 85.7 Å². The molecule has 6 nitrogen and oxygen atoms in total. The number of hydrogen-bond acceptors (Lipinski definition) is 6. The van der Waals surface area contributed by atoms with Crippen molar-refractivity contribution in [3.63, 3.8) is 0 Å². The lowest BCUT2D eigenvalue weighted by Crippen LogP contribution is -2.72. The van der Waals surface area contributed by atoms with Gasteiger partial charge in [0.05, 0.1) is 24.2 Å². The fourth-order valence-corrected chi connectivity index (χ4v) is 9.26. The van der Waals surface area contributed by atoms with Crippen LogP contribution < -0.4 is 0 Å². The lowest BCUT2D eigenvalue weighted by molar-refractivity contribution is -0.237. The molecule has 0 aromatic rings. The molecule has 1 spiro atoms. The van der Waals surface area contributed by atoms with E-state index in [2.05, 4.69) is 34.3 Å². The number of esters is 1. The third-order valence-electron chi connectivity index (χ3n) is 11.3. The Balaban J connectivity index is 1.52. The zero-order valence-corrected chi connectivity index (χ0v) is 22.8. The van der Waals surface area contributed by atoms with E-state index >= 15 is 0 Å². The molecule has 1 saturated heterocycles. The first-order valence-electron chi connectivity index (χ1n) is 14.1. The van der Waals surface area contributed by atoms with E-state index in [-0.39, 0.29) is 30.5 Å². The largest absolute Gasteiger partial charge is 0.455 e. The summed E-state index contributed by atoms with van der Waals surface area (Å²) >= 11 is 0. The van der Waals surface area contributed by atoms with Gasteiger partial charge in [0.15, 0.2) is 0 Å². The third kappa shape index (κ3) is 3.40. The first-order valence-corrected chi connectivity index (χ1v) is 14.1. The second kappa shape index (κ2) is 8.65. The number of carbonyl (C=O) groups is 1. The van der Waals surface area contributed by atoms with E-state index in [0.29, 0.717) is 30.6 Å². The van der Waals surface area contributed by atoms with Crippen molar-refractivity contribution in [3.8, 4) is 0 Å². The van der Waals surface area contributed by atoms with E-state index < -0.39 is 34.8 Å². The Morgan fingerprint density at radius 1 is 1.25 bits per heavy atom. The fraction of sp³-hybridized carbons (Fsp3) is 0.833. The predicted octanol–water partition coefficient (Wildman–Crippen LogP) is 4.32. The molecule has 4 fully saturated rings. The summed E-state index contributed by atoms with van der Waals surface area (Å²) < 4.78 is 12.4. The van der Waals surface area contributed by atoms with E-state index in [1.54, 1.807) is 0 Å². The molecule has 0 aromatic carbocycles. The third-order valence-corrected chi connectivity index (χ3v) is 11.3. The quantitative estimate of drug-likeness (QED) is 0.272. The highest BCUT2D eigenvalue weighted by Gasteiger charge is 2.83. The second-order valence-corrected chi connectivity index (χ2v) is 13.3. The van der Waals surface area contributed by atoms with Crippen molar-refractivity contribution in [1.29, 1.82) is 0 Å². The molecule has 1 aliphatic heterocycles. The normalized spacial score (nSPS) is 47.7. The zero-order valence-electron chi connectivity index (χ0n) is 22.8. The monoisotopic (exact) mass is 502 g/mol. The standard InChI is InChI=1S/C30H46O6/c1-17(2)18(3)7-8-19(4)22-9-10-23-24-13-25(35-20(5)32)29(34)14-21(33)11-12-28(29,16-31)30(24)26(36-30)15-27(22,23)6/h13,17,19,21-23,25-26,31,33-34H,3,7-12,14-16H2,1-2,4-6H3. The van der Waals surface area contributed by atoms with Crippen LogP contribution in [0.2, 0.25) is 0 Å². The number of epoxide rings is 1. The number of allylic oxidation sites excluding steroid dienone is 1. The van der Waals surface area contributed by atoms with Crippen LogP contribution in [0.3, 0.4) is 0 Å². The number of carbonyl (C=O) groups excluding carboxylic acids is 1. The van der Waals surface area contributed by atoms with Crippen molar-refractivity contribution in [2.75, 3.05) is 6.61 Å². The molecule has 10 unspecified atom stereocenters. The molecule has 36 heavy (non-hydrogen) atoms. The molecule has 3 N–H and O–H groups in total. The van der Waals surface area contributed by atoms with E-state index in [0.717, 1.165) is 37.7 Å². The van der Waals surface area contributed by atoms with Gasteiger partial charge in [-0.2, -0.15) is 0 Å². The van der Waals surface area contributed by atoms with Crippen LogP contribution in [-0.2, 0) is 14.3 Å². The summed E-state index contributed by atoms with van der Waals surface area (Å²) in [5.74, 6) is 1.41. The highest BCUT2D eigenvalue weighted by molar-refractivity contribution is 5.67. The number of aliphatic hydroxyl groups excluding tert-OH is 2. The van der Waals surface area contributed by atoms with Gasteiger partial charge in [0.2, 0.25) is 0 Å². The van der Waals surface area contributed by atoms with Crippen molar-refractivity contribution < 1.29 is 29.6 Å². The molecule has 4 aliphatic carbocycles. The molecule has 202 valence electrons. The number of ether oxygens (including phenoxy) is 2. The summed E-state index contributed by atoms with van der Waals surface area (Å²) in [6, 6.07) is 0. The summed E-state index contributed by atoms with van der Waals surface area (Å²) in [5, 5.41) is 33.6. The molecular formula is C30H46O6. The topological polar surface area (TPSA) is 99.5 Å². The van der Waals surface area contributed by atoms with E-state index in [1.165, 1.54) is 12.5 Å². The minimum absolute atomic E-state index is 0.0517. The van der Waals surface area contributed by atoms with Crippen LogP contribution in [0.15, 0.2) is 23.8 Å². The first-order chi connectivity index (χ1) is 16.9. The van der Waals surface area contributed by atoms with E-state index in [4.69, 9.17) is 9.47 Å². The highest BCUT2D eigenvalue weighted by atomic mass is 16.6. The Kier molecular flexibility index (Phi) is 6.35. The summed E-state index contributed by atoms with van der Waals surface area (Å²) in [6.45, 7) is 14.6. The van der Waals surface area contributed by atoms with E-state index in [9.17, 15) is 20.1 Å². The number of hydrogen-bond donors (Lipinski definition) is 3. The summed E-state index contributed by atoms with van der Waals surface area (Å²) in [4.78, 5) is 12.1. The maximum Gasteiger partial charge on any atom is 0.303 e. The van der Waals surface area contributed by atoms with Crippen molar-refractivity contribution in [1.82, 2.24) is 0 Å². The maximum absolute atomic E-state index is 12.1. The number of aliphatic hydroxyl groups is 3. The Morgan fingerprint density at radius 3 is 2.61 bits per heavy atom. The lowest BCUT2D eigenvalue weighted by Gasteiger charge is -2.61. The molecule has 1 heterocycles. The average molecular weight is 503 g/mol. The average Bonchev–Trinajstić information content (AvgIpc) is 3.41. The molecule has 0 radical (unpaired) electrons. The first kappa shape index (κ1) is 26.4. The summed E-state index contributed by atoms with van der Waals surface area (Å²) in [7, 11) is 0. The molecule has 0 aromatic heterocycles. The van der Waals surface area contributed by atoms with Gasteiger partial charge in [-0.3, -0.25) is 4.79 Å². The molecule has 5 rings (SSSR count). The van der Waals surface area contributed by atoms with Gasteiger partial charge in [-0.1, -0.05) is 39.8 Å². The molecule has 5 aliphatic rings. The van der Waals surface area contributed by atoms with Crippen LogP contribution in [0.1, 0.15) is 86.0 Å². The van der Waals surface area contributed by atoms with Crippen molar-refractivity contribution in [3.05, 3.63) is 23.8 Å². The molecule has 6 heteroatoms. The maximum atomic E-state index is 12.1. The molecule has 0 bridgehead atoms. The Labute approximate surface area is 216 Å². The summed E-state index contributed by atoms with van der Waals surface area (Å²) in [6.07, 6.45) is 6.54. The lowest BCUT2D eigenvalue weighted by atomic mass is 9.44. The number of rotatable bonds is 7. The van der Waals surface area contributed by atoms with Crippen LogP contribution in [0.5, 0.6) is 0 Å². The summed E-state index contributed by atoms with van der Waals surface area (Å²) in [5.41, 5.74) is -0.799. The van der Waals surface area contributed by atoms with Gasteiger partial charge < -0.3 is 24.8 Å². The van der Waals surface area contributed by atoms with Gasteiger partial charge in [0.25, 0.3) is 0 Å². The Bertz CT molecular complexity index is 957. The SMILES string of the molecule is C=C(CCC(C)C1CCC2C3=CC(OC(C)=O)C4(O)CC(O)CCC4(CO)C34OC4CC21C)C(C)C. The fourth-order valence-electron chi connectivity index (χ4n) is 9.26. The van der Waals surface area contributed by atoms with Crippen molar-refractivity contribution in [2.45, 2.75) is 115 Å². The second-order valence-electron chi connectivity index (χ2n) is 13.3. The number of fused-ring (bicyclic) bond motifs is 3. The molecule has 3 saturated carbocycles. The van der Waals surface area contributed by atoms with Crippen LogP contribution in [0.25, 0.3) is 0 Å². The smallest absolute Gasteiger partial charge is 0.303 e. The van der Waals surface area contributed by atoms with Gasteiger partial charge in [0, 0.05) is 13.3 Å². The van der Waals surface area contributed by atoms with Gasteiger partial charge in [-0.15, -0.1) is 0 Å². The Morgan fingerprint density at radius 2 is 1.97 bits per heavy atom. The van der Waals surface area contributed by atoms with Crippen LogP contribution in [0, 0.1) is 34.5 Å². The molecule has 0 amide bonds. The zero-order chi connectivity index (χ0) is 26.3. The predicted molar refractivity (Wildman–Crippen MR) is 137 cm³/mol. The van der Waals surface area contributed by atoms with Crippen LogP contribution in [-0.4, -0.2) is 57.4 Å². The van der Waals surface area contributed by atoms with Gasteiger partial charge in [-0.25, -0.2) is 0 Å². The van der Waals surface area contributed by atoms with Gasteiger partial charge >= 0.3 is 5.97 Å². The molecular weight excluding hydrogens is 456 g/mol. The minimum Gasteiger partial charge on any atom is -0.455 e. The van der Waals surface area contributed by atoms with Crippen LogP contribution in [0.4, 0.5) is 0 Å². The Hall–Kier alpha value is -1.21. The van der Waals surface area contributed by atoms with E-state index in [1.807, 2.05) is 6.08 Å². The van der Waals surface area contributed by atoms with Crippen LogP contribution >= 0.6 is 0 Å². The minimum atomic E-state index is -1.57.